The number of fused-ring (bicyclic) bond motifs is 1. The average Bonchev–Trinajstić information content (AvgIpc) is 3.11. The van der Waals surface area contributed by atoms with Crippen LogP contribution in [0.3, 0.4) is 0 Å². The van der Waals surface area contributed by atoms with E-state index in [1.54, 1.807) is 0 Å². The number of hydrogen-bond acceptors (Lipinski definition) is 2. The highest BCUT2D eigenvalue weighted by molar-refractivity contribution is 9.10. The molecule has 0 fully saturated rings. The number of rotatable bonds is 2. The molecule has 0 radical (unpaired) electrons. The van der Waals surface area contributed by atoms with Gasteiger partial charge in [-0.25, -0.2) is 4.68 Å². The van der Waals surface area contributed by atoms with E-state index in [9.17, 15) is 0 Å². The molecule has 0 aliphatic carbocycles. The largest absolute Gasteiger partial charge is 0.369 e. The number of anilines is 1. The minimum absolute atomic E-state index is 0.615. The number of nitrogens with one attached hydrogen (secondary N) is 1. The van der Waals surface area contributed by atoms with E-state index in [4.69, 9.17) is 28.3 Å². The molecule has 0 atom stereocenters. The van der Waals surface area contributed by atoms with Gasteiger partial charge >= 0.3 is 0 Å². The van der Waals surface area contributed by atoms with Crippen LogP contribution in [0.2, 0.25) is 10.0 Å². The van der Waals surface area contributed by atoms with Gasteiger partial charge in [-0.1, -0.05) is 41.4 Å². The minimum Gasteiger partial charge on any atom is -0.369 e. The highest BCUT2D eigenvalue weighted by Crippen LogP contribution is 2.41. The quantitative estimate of drug-likeness (QED) is 0.600. The SMILES string of the molecule is Clc1cccc(Cl)c1-c1nn(-c2ccccc2Br)c2c1CCN2. The van der Waals surface area contributed by atoms with E-state index >= 15 is 0 Å². The average molecular weight is 409 g/mol. The fourth-order valence-electron chi connectivity index (χ4n) is 2.90. The van der Waals surface area contributed by atoms with Crippen molar-refractivity contribution >= 4 is 44.9 Å². The lowest BCUT2D eigenvalue weighted by atomic mass is 10.1. The molecule has 0 amide bonds. The first-order valence-corrected chi connectivity index (χ1v) is 8.77. The summed E-state index contributed by atoms with van der Waals surface area (Å²) >= 11 is 16.4. The van der Waals surface area contributed by atoms with Crippen LogP contribution in [0.5, 0.6) is 0 Å². The Kier molecular flexibility index (Phi) is 3.84. The topological polar surface area (TPSA) is 29.9 Å². The maximum Gasteiger partial charge on any atom is 0.133 e. The molecule has 1 aliphatic heterocycles. The lowest BCUT2D eigenvalue weighted by Gasteiger charge is -2.08. The fourth-order valence-corrected chi connectivity index (χ4v) is 3.93. The number of nitrogens with zero attached hydrogens (tertiary/aromatic N) is 2. The highest BCUT2D eigenvalue weighted by Gasteiger charge is 2.26. The molecule has 3 nitrogen and oxygen atoms in total. The zero-order valence-corrected chi connectivity index (χ0v) is 15.1. The molecular weight excluding hydrogens is 397 g/mol. The van der Waals surface area contributed by atoms with Crippen LogP contribution in [-0.4, -0.2) is 16.3 Å². The van der Waals surface area contributed by atoms with Crippen LogP contribution in [-0.2, 0) is 6.42 Å². The second kappa shape index (κ2) is 5.86. The molecule has 4 rings (SSSR count). The van der Waals surface area contributed by atoms with Crippen LogP contribution in [0.15, 0.2) is 46.9 Å². The Morgan fingerprint density at radius 3 is 2.52 bits per heavy atom. The van der Waals surface area contributed by atoms with E-state index in [0.29, 0.717) is 10.0 Å². The Balaban J connectivity index is 1.98. The summed E-state index contributed by atoms with van der Waals surface area (Å²) < 4.78 is 2.90. The molecule has 2 aromatic carbocycles. The van der Waals surface area contributed by atoms with Gasteiger partial charge in [0.15, 0.2) is 0 Å². The lowest BCUT2D eigenvalue weighted by molar-refractivity contribution is 0.878. The number of aromatic nitrogens is 2. The molecule has 6 heteroatoms. The normalized spacial score (nSPS) is 13.0. The maximum atomic E-state index is 6.39. The van der Waals surface area contributed by atoms with Crippen molar-refractivity contribution in [1.29, 1.82) is 0 Å². The number of benzene rings is 2. The van der Waals surface area contributed by atoms with Gasteiger partial charge < -0.3 is 5.32 Å². The Bertz CT molecular complexity index is 885. The second-order valence-electron chi connectivity index (χ2n) is 5.31. The molecule has 1 N–H and O–H groups in total. The molecule has 3 aromatic rings. The Morgan fingerprint density at radius 1 is 1.04 bits per heavy atom. The molecule has 116 valence electrons. The molecule has 0 spiro atoms. The van der Waals surface area contributed by atoms with Gasteiger partial charge in [-0.05, 0) is 46.6 Å². The third kappa shape index (κ3) is 2.45. The predicted molar refractivity (Wildman–Crippen MR) is 98.9 cm³/mol. The van der Waals surface area contributed by atoms with Crippen molar-refractivity contribution in [2.24, 2.45) is 0 Å². The summed E-state index contributed by atoms with van der Waals surface area (Å²) in [6.07, 6.45) is 0.899. The van der Waals surface area contributed by atoms with Gasteiger partial charge in [0, 0.05) is 22.1 Å². The lowest BCUT2D eigenvalue weighted by Crippen LogP contribution is -2.04. The van der Waals surface area contributed by atoms with Crippen LogP contribution in [0.1, 0.15) is 5.56 Å². The van der Waals surface area contributed by atoms with E-state index in [1.807, 2.05) is 47.1 Å². The summed E-state index contributed by atoms with van der Waals surface area (Å²) in [5.41, 5.74) is 3.77. The van der Waals surface area contributed by atoms with Gasteiger partial charge in [0.25, 0.3) is 0 Å². The van der Waals surface area contributed by atoms with Gasteiger partial charge in [0.1, 0.15) is 11.5 Å². The van der Waals surface area contributed by atoms with Gasteiger partial charge in [0.05, 0.1) is 15.7 Å². The highest BCUT2D eigenvalue weighted by atomic mass is 79.9. The molecule has 1 aromatic heterocycles. The summed E-state index contributed by atoms with van der Waals surface area (Å²) in [7, 11) is 0. The zero-order chi connectivity index (χ0) is 16.0. The molecular formula is C17H12BrCl2N3. The van der Waals surface area contributed by atoms with E-state index in [-0.39, 0.29) is 0 Å². The number of para-hydroxylation sites is 1. The summed E-state index contributed by atoms with van der Waals surface area (Å²) in [5.74, 6) is 1.00. The van der Waals surface area contributed by atoms with Gasteiger partial charge in [0.2, 0.25) is 0 Å². The predicted octanol–water partition coefficient (Wildman–Crippen LogP) is 5.58. The maximum absolute atomic E-state index is 6.39. The first-order valence-electron chi connectivity index (χ1n) is 7.22. The van der Waals surface area contributed by atoms with Crippen LogP contribution in [0, 0.1) is 0 Å². The van der Waals surface area contributed by atoms with Gasteiger partial charge in [-0.2, -0.15) is 5.10 Å². The molecule has 0 unspecified atom stereocenters. The monoisotopic (exact) mass is 407 g/mol. The third-order valence-electron chi connectivity index (χ3n) is 3.93. The standard InChI is InChI=1S/C17H12BrCl2N3/c18-11-4-1-2-7-14(11)23-17-10(8-9-21-17)16(22-23)15-12(19)5-3-6-13(15)20/h1-7,21H,8-9H2. The smallest absolute Gasteiger partial charge is 0.133 e. The summed E-state index contributed by atoms with van der Waals surface area (Å²) in [6, 6.07) is 13.5. The van der Waals surface area contributed by atoms with Crippen LogP contribution in [0.25, 0.3) is 16.9 Å². The van der Waals surface area contributed by atoms with Crippen LogP contribution in [0.4, 0.5) is 5.82 Å². The van der Waals surface area contributed by atoms with Crippen molar-refractivity contribution < 1.29 is 0 Å². The summed E-state index contributed by atoms with van der Waals surface area (Å²) in [6.45, 7) is 0.882. The third-order valence-corrected chi connectivity index (χ3v) is 5.23. The minimum atomic E-state index is 0.615. The van der Waals surface area contributed by atoms with Crippen molar-refractivity contribution in [2.75, 3.05) is 11.9 Å². The fraction of sp³-hybridized carbons (Fsp3) is 0.118. The molecule has 2 heterocycles. The van der Waals surface area contributed by atoms with Gasteiger partial charge in [-0.3, -0.25) is 0 Å². The van der Waals surface area contributed by atoms with Crippen LogP contribution >= 0.6 is 39.1 Å². The van der Waals surface area contributed by atoms with Crippen molar-refractivity contribution in [2.45, 2.75) is 6.42 Å². The van der Waals surface area contributed by atoms with Crippen molar-refractivity contribution in [3.63, 3.8) is 0 Å². The zero-order valence-electron chi connectivity index (χ0n) is 12.0. The Labute approximate surface area is 152 Å². The Hall–Kier alpha value is -1.49. The molecule has 0 saturated heterocycles. The molecule has 0 bridgehead atoms. The van der Waals surface area contributed by atoms with E-state index in [2.05, 4.69) is 21.2 Å². The summed E-state index contributed by atoms with van der Waals surface area (Å²) in [5, 5.41) is 9.46. The number of hydrogen-bond donors (Lipinski definition) is 1. The number of halogens is 3. The van der Waals surface area contributed by atoms with Crippen molar-refractivity contribution in [3.8, 4) is 16.9 Å². The van der Waals surface area contributed by atoms with Crippen molar-refractivity contribution in [1.82, 2.24) is 9.78 Å². The van der Waals surface area contributed by atoms with E-state index in [1.165, 1.54) is 0 Å². The first kappa shape index (κ1) is 15.1. The van der Waals surface area contributed by atoms with Gasteiger partial charge in [-0.15, -0.1) is 0 Å². The van der Waals surface area contributed by atoms with E-state index < -0.39 is 0 Å². The van der Waals surface area contributed by atoms with Crippen molar-refractivity contribution in [3.05, 3.63) is 62.5 Å². The molecule has 1 aliphatic rings. The second-order valence-corrected chi connectivity index (χ2v) is 6.98. The summed E-state index contributed by atoms with van der Waals surface area (Å²) in [4.78, 5) is 0. The van der Waals surface area contributed by atoms with E-state index in [0.717, 1.165) is 45.8 Å². The van der Waals surface area contributed by atoms with Crippen LogP contribution < -0.4 is 5.32 Å². The first-order chi connectivity index (χ1) is 11.2. The molecule has 0 saturated carbocycles. The Morgan fingerprint density at radius 2 is 1.78 bits per heavy atom. The molecule has 23 heavy (non-hydrogen) atoms.